The lowest BCUT2D eigenvalue weighted by Gasteiger charge is -2.27. The summed E-state index contributed by atoms with van der Waals surface area (Å²) < 4.78 is 27.6. The van der Waals surface area contributed by atoms with Crippen molar-refractivity contribution in [3.05, 3.63) is 0 Å². The lowest BCUT2D eigenvalue weighted by Crippen LogP contribution is -2.48. The highest BCUT2D eigenvalue weighted by atomic mass is 32.2. The average molecular weight is 236 g/mol. The number of rotatable bonds is 5. The molecule has 0 spiro atoms. The molecular formula is C9H20N2O3S. The van der Waals surface area contributed by atoms with E-state index in [4.69, 9.17) is 5.11 Å². The van der Waals surface area contributed by atoms with Gasteiger partial charge in [-0.25, -0.2) is 0 Å². The summed E-state index contributed by atoms with van der Waals surface area (Å²) >= 11 is 0. The molecule has 2 N–H and O–H groups in total. The summed E-state index contributed by atoms with van der Waals surface area (Å²) in [4.78, 5) is 0. The predicted octanol–water partition coefficient (Wildman–Crippen LogP) is 0.0776. The molecule has 0 aromatic rings. The first-order valence-corrected chi connectivity index (χ1v) is 6.92. The van der Waals surface area contributed by atoms with E-state index in [1.54, 1.807) is 0 Å². The Morgan fingerprint density at radius 3 is 2.40 bits per heavy atom. The SMILES string of the molecule is CCC(CO)NS(=O)(=O)N1CCCCC1. The molecule has 0 aromatic carbocycles. The van der Waals surface area contributed by atoms with Crippen molar-refractivity contribution < 1.29 is 13.5 Å². The Morgan fingerprint density at radius 2 is 1.93 bits per heavy atom. The minimum atomic E-state index is -3.38. The summed E-state index contributed by atoms with van der Waals surface area (Å²) in [7, 11) is -3.38. The average Bonchev–Trinajstić information content (AvgIpc) is 2.27. The molecule has 0 saturated carbocycles. The molecule has 1 atom stereocenters. The zero-order chi connectivity index (χ0) is 11.3. The predicted molar refractivity (Wildman–Crippen MR) is 58.6 cm³/mol. The fourth-order valence-electron chi connectivity index (χ4n) is 1.64. The van der Waals surface area contributed by atoms with Crippen LogP contribution in [0, 0.1) is 0 Å². The lowest BCUT2D eigenvalue weighted by atomic mass is 10.2. The van der Waals surface area contributed by atoms with Gasteiger partial charge in [0.1, 0.15) is 0 Å². The van der Waals surface area contributed by atoms with Gasteiger partial charge in [0.2, 0.25) is 0 Å². The van der Waals surface area contributed by atoms with Crippen molar-refractivity contribution in [2.24, 2.45) is 0 Å². The van der Waals surface area contributed by atoms with Crippen LogP contribution < -0.4 is 4.72 Å². The van der Waals surface area contributed by atoms with E-state index in [0.29, 0.717) is 19.5 Å². The number of nitrogens with zero attached hydrogens (tertiary/aromatic N) is 1. The molecule has 0 aromatic heterocycles. The summed E-state index contributed by atoms with van der Waals surface area (Å²) in [6.07, 6.45) is 3.56. The quantitative estimate of drug-likeness (QED) is 0.710. The lowest BCUT2D eigenvalue weighted by molar-refractivity contribution is 0.249. The Morgan fingerprint density at radius 1 is 1.33 bits per heavy atom. The molecule has 1 rings (SSSR count). The van der Waals surface area contributed by atoms with Crippen LogP contribution in [0.5, 0.6) is 0 Å². The Bertz CT molecular complexity index is 269. The molecule has 0 bridgehead atoms. The third-order valence-corrected chi connectivity index (χ3v) is 4.36. The van der Waals surface area contributed by atoms with Crippen molar-refractivity contribution in [1.29, 1.82) is 0 Å². The van der Waals surface area contributed by atoms with E-state index in [2.05, 4.69) is 4.72 Å². The topological polar surface area (TPSA) is 69.6 Å². The first-order valence-electron chi connectivity index (χ1n) is 5.48. The first kappa shape index (κ1) is 12.9. The highest BCUT2D eigenvalue weighted by molar-refractivity contribution is 7.87. The summed E-state index contributed by atoms with van der Waals surface area (Å²) in [5.41, 5.74) is 0. The molecule has 15 heavy (non-hydrogen) atoms. The molecule has 1 unspecified atom stereocenters. The molecule has 1 saturated heterocycles. The number of piperidine rings is 1. The zero-order valence-electron chi connectivity index (χ0n) is 9.15. The molecule has 1 fully saturated rings. The maximum absolute atomic E-state index is 11.8. The van der Waals surface area contributed by atoms with Gasteiger partial charge in [0.05, 0.1) is 6.61 Å². The third-order valence-electron chi connectivity index (χ3n) is 2.68. The van der Waals surface area contributed by atoms with Gasteiger partial charge >= 0.3 is 0 Å². The van der Waals surface area contributed by atoms with E-state index in [-0.39, 0.29) is 12.6 Å². The summed E-state index contributed by atoms with van der Waals surface area (Å²) in [5, 5.41) is 8.94. The molecule has 1 aliphatic heterocycles. The van der Waals surface area contributed by atoms with Gasteiger partial charge in [-0.15, -0.1) is 0 Å². The maximum Gasteiger partial charge on any atom is 0.279 e. The molecule has 6 heteroatoms. The second-order valence-corrected chi connectivity index (χ2v) is 5.57. The largest absolute Gasteiger partial charge is 0.395 e. The minimum absolute atomic E-state index is 0.149. The summed E-state index contributed by atoms with van der Waals surface area (Å²) in [6.45, 7) is 2.89. The number of aliphatic hydroxyl groups is 1. The maximum atomic E-state index is 11.8. The van der Waals surface area contributed by atoms with E-state index >= 15 is 0 Å². The third kappa shape index (κ3) is 3.71. The highest BCUT2D eigenvalue weighted by Crippen LogP contribution is 2.12. The monoisotopic (exact) mass is 236 g/mol. The van der Waals surface area contributed by atoms with Gasteiger partial charge in [-0.1, -0.05) is 13.3 Å². The van der Waals surface area contributed by atoms with E-state index in [0.717, 1.165) is 19.3 Å². The molecule has 0 aliphatic carbocycles. The highest BCUT2D eigenvalue weighted by Gasteiger charge is 2.25. The van der Waals surface area contributed by atoms with Crippen molar-refractivity contribution in [3.8, 4) is 0 Å². The van der Waals surface area contributed by atoms with Gasteiger partial charge in [0.15, 0.2) is 0 Å². The van der Waals surface area contributed by atoms with Crippen LogP contribution in [0.4, 0.5) is 0 Å². The molecule has 1 aliphatic rings. The van der Waals surface area contributed by atoms with Crippen LogP contribution in [0.15, 0.2) is 0 Å². The molecule has 5 nitrogen and oxygen atoms in total. The van der Waals surface area contributed by atoms with E-state index in [9.17, 15) is 8.42 Å². The summed E-state index contributed by atoms with van der Waals surface area (Å²) in [6, 6.07) is -0.364. The Balaban J connectivity index is 2.56. The van der Waals surface area contributed by atoms with Crippen LogP contribution in [-0.4, -0.2) is 43.6 Å². The Kier molecular flexibility index (Phi) is 4.98. The van der Waals surface area contributed by atoms with Gasteiger partial charge in [0, 0.05) is 19.1 Å². The van der Waals surface area contributed by atoms with E-state index < -0.39 is 10.2 Å². The molecular weight excluding hydrogens is 216 g/mol. The van der Waals surface area contributed by atoms with Crippen LogP contribution in [0.25, 0.3) is 0 Å². The molecule has 0 radical (unpaired) electrons. The first-order chi connectivity index (χ1) is 7.10. The number of hydrogen-bond acceptors (Lipinski definition) is 3. The van der Waals surface area contributed by atoms with Crippen molar-refractivity contribution in [3.63, 3.8) is 0 Å². The second kappa shape index (κ2) is 5.79. The molecule has 1 heterocycles. The normalized spacial score (nSPS) is 21.5. The van der Waals surface area contributed by atoms with Crippen LogP contribution >= 0.6 is 0 Å². The van der Waals surface area contributed by atoms with Crippen LogP contribution in [-0.2, 0) is 10.2 Å². The minimum Gasteiger partial charge on any atom is -0.395 e. The Labute approximate surface area is 91.7 Å². The van der Waals surface area contributed by atoms with Gasteiger partial charge < -0.3 is 5.11 Å². The fourth-order valence-corrected chi connectivity index (χ4v) is 3.19. The fraction of sp³-hybridized carbons (Fsp3) is 1.00. The number of aliphatic hydroxyl groups excluding tert-OH is 1. The van der Waals surface area contributed by atoms with Crippen LogP contribution in [0.3, 0.4) is 0 Å². The van der Waals surface area contributed by atoms with Crippen molar-refractivity contribution >= 4 is 10.2 Å². The van der Waals surface area contributed by atoms with Gasteiger partial charge in [-0.05, 0) is 19.3 Å². The van der Waals surface area contributed by atoms with E-state index in [1.165, 1.54) is 4.31 Å². The zero-order valence-corrected chi connectivity index (χ0v) is 9.96. The van der Waals surface area contributed by atoms with Gasteiger partial charge in [-0.2, -0.15) is 17.4 Å². The molecule has 0 amide bonds. The van der Waals surface area contributed by atoms with Gasteiger partial charge in [-0.3, -0.25) is 0 Å². The second-order valence-electron chi connectivity index (χ2n) is 3.87. The van der Waals surface area contributed by atoms with Crippen molar-refractivity contribution in [2.75, 3.05) is 19.7 Å². The molecule has 90 valence electrons. The smallest absolute Gasteiger partial charge is 0.279 e. The van der Waals surface area contributed by atoms with Crippen LogP contribution in [0.2, 0.25) is 0 Å². The number of hydrogen-bond donors (Lipinski definition) is 2. The van der Waals surface area contributed by atoms with E-state index in [1.807, 2.05) is 6.92 Å². The Hall–Kier alpha value is -0.170. The van der Waals surface area contributed by atoms with Crippen molar-refractivity contribution in [1.82, 2.24) is 9.03 Å². The van der Waals surface area contributed by atoms with Gasteiger partial charge in [0.25, 0.3) is 10.2 Å². The standard InChI is InChI=1S/C9H20N2O3S/c1-2-9(8-12)10-15(13,14)11-6-4-3-5-7-11/h9-10,12H,2-8H2,1H3. The van der Waals surface area contributed by atoms with Crippen molar-refractivity contribution in [2.45, 2.75) is 38.6 Å². The van der Waals surface area contributed by atoms with Crippen LogP contribution in [0.1, 0.15) is 32.6 Å². The summed E-state index contributed by atoms with van der Waals surface area (Å²) in [5.74, 6) is 0. The number of nitrogens with one attached hydrogen (secondary N) is 1.